The van der Waals surface area contributed by atoms with Crippen molar-refractivity contribution in [3.05, 3.63) is 0 Å². The summed E-state index contributed by atoms with van der Waals surface area (Å²) < 4.78 is 5.00. The predicted octanol–water partition coefficient (Wildman–Crippen LogP) is 1.53. The van der Waals surface area contributed by atoms with Crippen LogP contribution in [0, 0.1) is 5.92 Å². The highest BCUT2D eigenvalue weighted by Crippen LogP contribution is 2.03. The highest BCUT2D eigenvalue weighted by Gasteiger charge is 2.18. The number of carbonyl (C=O) groups excluding carboxylic acids is 1. The van der Waals surface area contributed by atoms with Crippen LogP contribution in [0.2, 0.25) is 0 Å². The Labute approximate surface area is 81.1 Å². The van der Waals surface area contributed by atoms with Crippen LogP contribution in [0.4, 0.5) is 0 Å². The average Bonchev–Trinajstić information content (AvgIpc) is 2.12. The van der Waals surface area contributed by atoms with Gasteiger partial charge < -0.3 is 9.64 Å². The normalized spacial score (nSPS) is 17.0. The maximum absolute atomic E-state index is 11.1. The van der Waals surface area contributed by atoms with Crippen LogP contribution < -0.4 is 0 Å². The zero-order valence-corrected chi connectivity index (χ0v) is 9.17. The van der Waals surface area contributed by atoms with Gasteiger partial charge in [-0.1, -0.05) is 27.7 Å². The topological polar surface area (TPSA) is 29.5 Å². The van der Waals surface area contributed by atoms with Gasteiger partial charge in [-0.05, 0) is 5.92 Å². The quantitative estimate of drug-likeness (QED) is 0.656. The van der Waals surface area contributed by atoms with Gasteiger partial charge in [-0.25, -0.2) is 0 Å². The van der Waals surface area contributed by atoms with E-state index in [0.29, 0.717) is 12.5 Å². The molecule has 0 radical (unpaired) electrons. The Kier molecular flexibility index (Phi) is 6.59. The molecule has 0 aromatic heterocycles. The third-order valence-electron chi connectivity index (χ3n) is 1.67. The van der Waals surface area contributed by atoms with Crippen molar-refractivity contribution >= 4 is 5.91 Å². The van der Waals surface area contributed by atoms with Gasteiger partial charge in [0.2, 0.25) is 5.91 Å². The Hall–Kier alpha value is -0.570. The summed E-state index contributed by atoms with van der Waals surface area (Å²) in [5, 5.41) is 0. The number of hydrogen-bond acceptors (Lipinski definition) is 2. The molecule has 0 unspecified atom stereocenters. The van der Waals surface area contributed by atoms with Crippen molar-refractivity contribution in [2.24, 2.45) is 5.92 Å². The molecule has 1 fully saturated rings. The molecule has 0 bridgehead atoms. The maximum Gasteiger partial charge on any atom is 0.248 e. The number of carbonyl (C=O) groups is 1. The second kappa shape index (κ2) is 6.89. The molecule has 0 aromatic carbocycles. The van der Waals surface area contributed by atoms with E-state index in [1.165, 1.54) is 0 Å². The summed E-state index contributed by atoms with van der Waals surface area (Å²) in [4.78, 5) is 13.0. The molecule has 0 aromatic rings. The van der Waals surface area contributed by atoms with Crippen LogP contribution in [-0.2, 0) is 9.53 Å². The van der Waals surface area contributed by atoms with Crippen molar-refractivity contribution in [1.82, 2.24) is 4.90 Å². The lowest BCUT2D eigenvalue weighted by atomic mass is 10.2. The minimum absolute atomic E-state index is 0.130. The van der Waals surface area contributed by atoms with Crippen molar-refractivity contribution in [2.45, 2.75) is 27.7 Å². The first-order valence-corrected chi connectivity index (χ1v) is 5.05. The Morgan fingerprint density at radius 1 is 1.46 bits per heavy atom. The highest BCUT2D eigenvalue weighted by molar-refractivity contribution is 5.77. The van der Waals surface area contributed by atoms with E-state index in [0.717, 1.165) is 13.1 Å². The van der Waals surface area contributed by atoms with Crippen molar-refractivity contribution in [1.29, 1.82) is 0 Å². The molecule has 1 rings (SSSR count). The molecule has 3 heteroatoms. The second-order valence-electron chi connectivity index (χ2n) is 3.29. The van der Waals surface area contributed by atoms with Crippen LogP contribution in [0.15, 0.2) is 0 Å². The minimum Gasteiger partial charge on any atom is -0.370 e. The SMILES string of the molecule is CC.CC(C)CN1CCOCC1=O. The van der Waals surface area contributed by atoms with E-state index in [4.69, 9.17) is 4.74 Å². The molecule has 1 aliphatic rings. The smallest absolute Gasteiger partial charge is 0.248 e. The van der Waals surface area contributed by atoms with Crippen LogP contribution in [0.3, 0.4) is 0 Å². The predicted molar refractivity (Wildman–Crippen MR) is 53.6 cm³/mol. The van der Waals surface area contributed by atoms with Crippen molar-refractivity contribution in [3.8, 4) is 0 Å². The van der Waals surface area contributed by atoms with Gasteiger partial charge in [0.25, 0.3) is 0 Å². The van der Waals surface area contributed by atoms with Crippen molar-refractivity contribution < 1.29 is 9.53 Å². The van der Waals surface area contributed by atoms with E-state index in [9.17, 15) is 4.79 Å². The summed E-state index contributed by atoms with van der Waals surface area (Å²) in [5.74, 6) is 0.682. The first-order chi connectivity index (χ1) is 6.20. The Bertz CT molecular complexity index is 146. The highest BCUT2D eigenvalue weighted by atomic mass is 16.5. The largest absolute Gasteiger partial charge is 0.370 e. The number of rotatable bonds is 2. The van der Waals surface area contributed by atoms with E-state index in [1.54, 1.807) is 0 Å². The minimum atomic E-state index is 0.130. The van der Waals surface area contributed by atoms with E-state index < -0.39 is 0 Å². The van der Waals surface area contributed by atoms with Crippen molar-refractivity contribution in [3.63, 3.8) is 0 Å². The first kappa shape index (κ1) is 12.4. The van der Waals surface area contributed by atoms with Crippen molar-refractivity contribution in [2.75, 3.05) is 26.3 Å². The van der Waals surface area contributed by atoms with Crippen LogP contribution in [0.5, 0.6) is 0 Å². The van der Waals surface area contributed by atoms with E-state index >= 15 is 0 Å². The number of morpholine rings is 1. The zero-order valence-electron chi connectivity index (χ0n) is 9.17. The Morgan fingerprint density at radius 2 is 2.08 bits per heavy atom. The molecule has 13 heavy (non-hydrogen) atoms. The monoisotopic (exact) mass is 187 g/mol. The lowest BCUT2D eigenvalue weighted by Gasteiger charge is -2.28. The molecule has 0 N–H and O–H groups in total. The standard InChI is InChI=1S/C8H15NO2.C2H6/c1-7(2)5-9-3-4-11-6-8(9)10;1-2/h7H,3-6H2,1-2H3;1-2H3. The summed E-state index contributed by atoms with van der Waals surface area (Å²) in [7, 11) is 0. The third-order valence-corrected chi connectivity index (χ3v) is 1.67. The molecule has 1 saturated heterocycles. The Balaban J connectivity index is 0.000000671. The zero-order chi connectivity index (χ0) is 10.3. The molecule has 1 amide bonds. The van der Waals surface area contributed by atoms with Crippen LogP contribution in [0.1, 0.15) is 27.7 Å². The van der Waals surface area contributed by atoms with Crippen LogP contribution >= 0.6 is 0 Å². The molecular weight excluding hydrogens is 166 g/mol. The van der Waals surface area contributed by atoms with Gasteiger partial charge in [-0.2, -0.15) is 0 Å². The van der Waals surface area contributed by atoms with Crippen LogP contribution in [-0.4, -0.2) is 37.1 Å². The van der Waals surface area contributed by atoms with E-state index in [-0.39, 0.29) is 12.5 Å². The van der Waals surface area contributed by atoms with Gasteiger partial charge in [0.05, 0.1) is 6.61 Å². The fourth-order valence-electron chi connectivity index (χ4n) is 1.18. The lowest BCUT2D eigenvalue weighted by molar-refractivity contribution is -0.143. The summed E-state index contributed by atoms with van der Waals surface area (Å²) in [6, 6.07) is 0. The molecule has 0 spiro atoms. The fourth-order valence-corrected chi connectivity index (χ4v) is 1.18. The molecule has 1 aliphatic heterocycles. The number of hydrogen-bond donors (Lipinski definition) is 0. The third kappa shape index (κ3) is 4.88. The summed E-state index contributed by atoms with van der Waals surface area (Å²) in [5.41, 5.74) is 0. The maximum atomic E-state index is 11.1. The van der Waals surface area contributed by atoms with Gasteiger partial charge in [0, 0.05) is 13.1 Å². The molecule has 0 aliphatic carbocycles. The van der Waals surface area contributed by atoms with Gasteiger partial charge in [0.1, 0.15) is 6.61 Å². The van der Waals surface area contributed by atoms with Gasteiger partial charge in [-0.15, -0.1) is 0 Å². The first-order valence-electron chi connectivity index (χ1n) is 5.05. The van der Waals surface area contributed by atoms with E-state index in [1.807, 2.05) is 18.7 Å². The average molecular weight is 187 g/mol. The number of ether oxygens (including phenoxy) is 1. The molecular formula is C10H21NO2. The molecule has 78 valence electrons. The second-order valence-corrected chi connectivity index (χ2v) is 3.29. The van der Waals surface area contributed by atoms with E-state index in [2.05, 4.69) is 13.8 Å². The number of amides is 1. The van der Waals surface area contributed by atoms with Gasteiger partial charge in [-0.3, -0.25) is 4.79 Å². The molecule has 0 atom stereocenters. The lowest BCUT2D eigenvalue weighted by Crippen LogP contribution is -2.43. The summed E-state index contributed by atoms with van der Waals surface area (Å²) in [6.07, 6.45) is 0. The molecule has 3 nitrogen and oxygen atoms in total. The van der Waals surface area contributed by atoms with Gasteiger partial charge in [0.15, 0.2) is 0 Å². The molecule has 1 heterocycles. The molecule has 0 saturated carbocycles. The Morgan fingerprint density at radius 3 is 2.54 bits per heavy atom. The summed E-state index contributed by atoms with van der Waals surface area (Å²) >= 11 is 0. The summed E-state index contributed by atoms with van der Waals surface area (Å²) in [6.45, 7) is 10.8. The van der Waals surface area contributed by atoms with Gasteiger partial charge >= 0.3 is 0 Å². The van der Waals surface area contributed by atoms with Crippen LogP contribution in [0.25, 0.3) is 0 Å². The fraction of sp³-hybridized carbons (Fsp3) is 0.900. The number of nitrogens with zero attached hydrogens (tertiary/aromatic N) is 1.